The molecule has 2 rings (SSSR count). The van der Waals surface area contributed by atoms with Crippen LogP contribution >= 0.6 is 0 Å². The molecule has 0 spiro atoms. The third kappa shape index (κ3) is 2.47. The lowest BCUT2D eigenvalue weighted by Gasteiger charge is -2.12. The molecule has 0 radical (unpaired) electrons. The van der Waals surface area contributed by atoms with Crippen LogP contribution in [0.5, 0.6) is 11.5 Å². The fourth-order valence-corrected chi connectivity index (χ4v) is 1.85. The molecule has 2 N–H and O–H groups in total. The summed E-state index contributed by atoms with van der Waals surface area (Å²) in [4.78, 5) is 0. The molecule has 1 fully saturated rings. The summed E-state index contributed by atoms with van der Waals surface area (Å²) < 4.78 is 10.5. The first-order valence-electron chi connectivity index (χ1n) is 5.67. The Bertz CT molecular complexity index is 372. The van der Waals surface area contributed by atoms with Gasteiger partial charge >= 0.3 is 0 Å². The predicted octanol–water partition coefficient (Wildman–Crippen LogP) is 2.13. The molecule has 16 heavy (non-hydrogen) atoms. The van der Waals surface area contributed by atoms with Gasteiger partial charge in [-0.15, -0.1) is 0 Å². The van der Waals surface area contributed by atoms with Crippen LogP contribution in [0.4, 0.5) is 0 Å². The van der Waals surface area contributed by atoms with Gasteiger partial charge in [-0.05, 0) is 37.3 Å². The van der Waals surface area contributed by atoms with Crippen molar-refractivity contribution in [3.63, 3.8) is 0 Å². The van der Waals surface area contributed by atoms with Crippen LogP contribution in [0.3, 0.4) is 0 Å². The molecule has 0 aromatic heterocycles. The number of aryl methyl sites for hydroxylation is 1. The number of hydrogen-bond acceptors (Lipinski definition) is 3. The highest BCUT2D eigenvalue weighted by molar-refractivity contribution is 5.41. The Kier molecular flexibility index (Phi) is 3.06. The second-order valence-electron chi connectivity index (χ2n) is 4.54. The van der Waals surface area contributed by atoms with Gasteiger partial charge in [0.05, 0.1) is 14.2 Å². The molecule has 3 heteroatoms. The van der Waals surface area contributed by atoms with E-state index in [-0.39, 0.29) is 5.54 Å². The van der Waals surface area contributed by atoms with Crippen LogP contribution in [0.2, 0.25) is 0 Å². The molecule has 88 valence electrons. The average Bonchev–Trinajstić information content (AvgIpc) is 3.05. The molecular weight excluding hydrogens is 202 g/mol. The van der Waals surface area contributed by atoms with Crippen molar-refractivity contribution >= 4 is 0 Å². The maximum absolute atomic E-state index is 6.08. The van der Waals surface area contributed by atoms with Gasteiger partial charge in [0.1, 0.15) is 11.5 Å². The van der Waals surface area contributed by atoms with Crippen molar-refractivity contribution in [1.82, 2.24) is 0 Å². The minimum absolute atomic E-state index is 0.102. The van der Waals surface area contributed by atoms with E-state index < -0.39 is 0 Å². The van der Waals surface area contributed by atoms with Crippen LogP contribution in [-0.4, -0.2) is 19.8 Å². The van der Waals surface area contributed by atoms with Gasteiger partial charge in [-0.3, -0.25) is 0 Å². The third-order valence-corrected chi connectivity index (χ3v) is 3.28. The lowest BCUT2D eigenvalue weighted by Crippen LogP contribution is -2.22. The average molecular weight is 221 g/mol. The molecule has 1 aliphatic rings. The molecule has 1 aromatic rings. The molecule has 0 amide bonds. The monoisotopic (exact) mass is 221 g/mol. The van der Waals surface area contributed by atoms with Gasteiger partial charge in [0.15, 0.2) is 0 Å². The van der Waals surface area contributed by atoms with E-state index in [4.69, 9.17) is 15.2 Å². The minimum atomic E-state index is 0.102. The summed E-state index contributed by atoms with van der Waals surface area (Å²) in [5.41, 5.74) is 7.39. The number of rotatable bonds is 5. The Morgan fingerprint density at radius 3 is 2.56 bits per heavy atom. The van der Waals surface area contributed by atoms with Crippen molar-refractivity contribution in [2.45, 2.75) is 31.2 Å². The van der Waals surface area contributed by atoms with Crippen molar-refractivity contribution < 1.29 is 9.47 Å². The molecule has 1 saturated carbocycles. The van der Waals surface area contributed by atoms with Crippen molar-refractivity contribution in [2.75, 3.05) is 14.2 Å². The third-order valence-electron chi connectivity index (χ3n) is 3.28. The molecule has 3 nitrogen and oxygen atoms in total. The molecule has 0 heterocycles. The smallest absolute Gasteiger partial charge is 0.125 e. The van der Waals surface area contributed by atoms with E-state index in [1.165, 1.54) is 5.56 Å². The summed E-state index contributed by atoms with van der Waals surface area (Å²) >= 11 is 0. The number of ether oxygens (including phenoxy) is 2. The second kappa shape index (κ2) is 4.34. The Morgan fingerprint density at radius 2 is 2.00 bits per heavy atom. The Hall–Kier alpha value is -1.22. The largest absolute Gasteiger partial charge is 0.497 e. The molecule has 1 aliphatic carbocycles. The quantitative estimate of drug-likeness (QED) is 0.828. The Balaban J connectivity index is 2.07. The zero-order valence-electron chi connectivity index (χ0n) is 9.95. The molecular formula is C13H19NO2. The van der Waals surface area contributed by atoms with E-state index >= 15 is 0 Å². The van der Waals surface area contributed by atoms with Gasteiger partial charge in [0.2, 0.25) is 0 Å². The first-order valence-corrected chi connectivity index (χ1v) is 5.67. The van der Waals surface area contributed by atoms with E-state index in [0.717, 1.165) is 37.2 Å². The van der Waals surface area contributed by atoms with Crippen molar-refractivity contribution in [2.24, 2.45) is 5.73 Å². The summed E-state index contributed by atoms with van der Waals surface area (Å²) in [6.45, 7) is 0. The molecule has 0 unspecified atom stereocenters. The zero-order chi connectivity index (χ0) is 11.6. The molecule has 0 atom stereocenters. The highest BCUT2D eigenvalue weighted by Gasteiger charge is 2.37. The van der Waals surface area contributed by atoms with E-state index in [0.29, 0.717) is 0 Å². The lowest BCUT2D eigenvalue weighted by molar-refractivity contribution is 0.390. The summed E-state index contributed by atoms with van der Waals surface area (Å²) in [7, 11) is 3.35. The molecule has 1 aromatic carbocycles. The van der Waals surface area contributed by atoms with Crippen LogP contribution < -0.4 is 15.2 Å². The fraction of sp³-hybridized carbons (Fsp3) is 0.538. The maximum Gasteiger partial charge on any atom is 0.125 e. The van der Waals surface area contributed by atoms with Crippen molar-refractivity contribution in [3.8, 4) is 11.5 Å². The standard InChI is InChI=1S/C13H19NO2/c1-15-11-4-3-10(12(9-11)16-2)5-6-13(14)7-8-13/h3-4,9H,5-8,14H2,1-2H3. The summed E-state index contributed by atoms with van der Waals surface area (Å²) in [6, 6.07) is 5.95. The van der Waals surface area contributed by atoms with Gasteiger partial charge in [-0.2, -0.15) is 0 Å². The number of hydrogen-bond donors (Lipinski definition) is 1. The highest BCUT2D eigenvalue weighted by atomic mass is 16.5. The number of nitrogens with two attached hydrogens (primary N) is 1. The van der Waals surface area contributed by atoms with Crippen molar-refractivity contribution in [1.29, 1.82) is 0 Å². The first kappa shape index (κ1) is 11.3. The minimum Gasteiger partial charge on any atom is -0.497 e. The van der Waals surface area contributed by atoms with Gasteiger partial charge in [-0.1, -0.05) is 6.07 Å². The molecule has 0 bridgehead atoms. The lowest BCUT2D eigenvalue weighted by atomic mass is 10.0. The van der Waals surface area contributed by atoms with Crippen molar-refractivity contribution in [3.05, 3.63) is 23.8 Å². The van der Waals surface area contributed by atoms with E-state index in [1.54, 1.807) is 14.2 Å². The van der Waals surface area contributed by atoms with Crippen LogP contribution in [0.15, 0.2) is 18.2 Å². The number of methoxy groups -OCH3 is 2. The van der Waals surface area contributed by atoms with Crippen LogP contribution in [0, 0.1) is 0 Å². The SMILES string of the molecule is COc1ccc(CCC2(N)CC2)c(OC)c1. The fourth-order valence-electron chi connectivity index (χ4n) is 1.85. The van der Waals surface area contributed by atoms with Gasteiger partial charge < -0.3 is 15.2 Å². The zero-order valence-corrected chi connectivity index (χ0v) is 9.95. The van der Waals surface area contributed by atoms with Gasteiger partial charge in [-0.25, -0.2) is 0 Å². The van der Waals surface area contributed by atoms with Crippen LogP contribution in [-0.2, 0) is 6.42 Å². The molecule has 0 saturated heterocycles. The summed E-state index contributed by atoms with van der Waals surface area (Å²) in [6.07, 6.45) is 4.33. The van der Waals surface area contributed by atoms with E-state index in [1.807, 2.05) is 12.1 Å². The summed E-state index contributed by atoms with van der Waals surface area (Å²) in [5.74, 6) is 1.72. The Morgan fingerprint density at radius 1 is 1.25 bits per heavy atom. The number of benzene rings is 1. The predicted molar refractivity (Wildman–Crippen MR) is 64.0 cm³/mol. The normalized spacial score (nSPS) is 16.9. The molecule has 0 aliphatic heterocycles. The van der Waals surface area contributed by atoms with Gasteiger partial charge in [0, 0.05) is 11.6 Å². The van der Waals surface area contributed by atoms with Crippen LogP contribution in [0.1, 0.15) is 24.8 Å². The van der Waals surface area contributed by atoms with E-state index in [9.17, 15) is 0 Å². The maximum atomic E-state index is 6.08. The highest BCUT2D eigenvalue weighted by Crippen LogP contribution is 2.37. The van der Waals surface area contributed by atoms with Gasteiger partial charge in [0.25, 0.3) is 0 Å². The van der Waals surface area contributed by atoms with E-state index in [2.05, 4.69) is 6.07 Å². The van der Waals surface area contributed by atoms with Crippen LogP contribution in [0.25, 0.3) is 0 Å². The Labute approximate surface area is 96.5 Å². The topological polar surface area (TPSA) is 44.5 Å². The first-order chi connectivity index (χ1) is 7.67. The summed E-state index contributed by atoms with van der Waals surface area (Å²) in [5, 5.41) is 0. The second-order valence-corrected chi connectivity index (χ2v) is 4.54.